The van der Waals surface area contributed by atoms with E-state index < -0.39 is 6.03 Å². The molecular formula is C27H26FN3O6. The highest BCUT2D eigenvalue weighted by atomic mass is 19.1. The van der Waals surface area contributed by atoms with Crippen LogP contribution in [0.15, 0.2) is 66.7 Å². The summed E-state index contributed by atoms with van der Waals surface area (Å²) in [4.78, 5) is 39.8. The van der Waals surface area contributed by atoms with Gasteiger partial charge in [-0.05, 0) is 59.7 Å². The molecule has 1 aliphatic heterocycles. The van der Waals surface area contributed by atoms with Gasteiger partial charge >= 0.3 is 6.03 Å². The Morgan fingerprint density at radius 2 is 1.65 bits per heavy atom. The molecule has 3 aromatic rings. The number of amides is 4. The zero-order valence-corrected chi connectivity index (χ0v) is 20.1. The molecular weight excluding hydrogens is 481 g/mol. The molecule has 10 heteroatoms. The van der Waals surface area contributed by atoms with Gasteiger partial charge < -0.3 is 24.8 Å². The minimum atomic E-state index is -0.479. The van der Waals surface area contributed by atoms with Gasteiger partial charge in [-0.3, -0.25) is 14.5 Å². The molecule has 9 nitrogen and oxygen atoms in total. The molecule has 0 aromatic heterocycles. The summed E-state index contributed by atoms with van der Waals surface area (Å²) in [6.45, 7) is -0.0657. The fourth-order valence-electron chi connectivity index (χ4n) is 3.88. The van der Waals surface area contributed by atoms with Gasteiger partial charge in [-0.15, -0.1) is 0 Å². The fourth-order valence-corrected chi connectivity index (χ4v) is 3.88. The maximum atomic E-state index is 13.0. The summed E-state index contributed by atoms with van der Waals surface area (Å²) in [7, 11) is 1.46. The van der Waals surface area contributed by atoms with E-state index in [0.717, 1.165) is 10.5 Å². The largest absolute Gasteiger partial charge is 0.496 e. The topological polar surface area (TPSA) is 108 Å². The SMILES string of the molecule is COc1ccc(CN2CC(=O)N(CCO)C2=O)cc1C(=O)NCc1ccc(Oc2ccc(F)cc2)cc1. The maximum absolute atomic E-state index is 13.0. The van der Waals surface area contributed by atoms with E-state index in [1.807, 2.05) is 0 Å². The normalized spacial score (nSPS) is 13.2. The van der Waals surface area contributed by atoms with Gasteiger partial charge in [0.05, 0.1) is 25.8 Å². The number of carbonyl (C=O) groups excluding carboxylic acids is 3. The quantitative estimate of drug-likeness (QED) is 0.408. The number of aliphatic hydroxyl groups excluding tert-OH is 1. The Balaban J connectivity index is 1.38. The number of halogens is 1. The summed E-state index contributed by atoms with van der Waals surface area (Å²) >= 11 is 0. The van der Waals surface area contributed by atoms with E-state index in [9.17, 15) is 18.8 Å². The average Bonchev–Trinajstić information content (AvgIpc) is 3.17. The number of rotatable bonds is 10. The molecule has 0 atom stereocenters. The first-order valence-corrected chi connectivity index (χ1v) is 11.6. The van der Waals surface area contributed by atoms with Crippen molar-refractivity contribution < 1.29 is 33.4 Å². The van der Waals surface area contributed by atoms with Crippen molar-refractivity contribution in [2.24, 2.45) is 0 Å². The van der Waals surface area contributed by atoms with Crippen molar-refractivity contribution in [2.75, 3.05) is 26.8 Å². The fraction of sp³-hybridized carbons (Fsp3) is 0.222. The minimum Gasteiger partial charge on any atom is -0.496 e. The van der Waals surface area contributed by atoms with Gasteiger partial charge in [0.15, 0.2) is 0 Å². The lowest BCUT2D eigenvalue weighted by Gasteiger charge is -2.17. The first kappa shape index (κ1) is 25.6. The molecule has 192 valence electrons. The number of nitrogens with zero attached hydrogens (tertiary/aromatic N) is 2. The number of methoxy groups -OCH3 is 1. The number of benzene rings is 3. The Morgan fingerprint density at radius 3 is 2.30 bits per heavy atom. The van der Waals surface area contributed by atoms with Gasteiger partial charge in [-0.25, -0.2) is 9.18 Å². The van der Waals surface area contributed by atoms with Crippen molar-refractivity contribution in [1.29, 1.82) is 0 Å². The van der Waals surface area contributed by atoms with Gasteiger partial charge in [0.2, 0.25) is 5.91 Å². The van der Waals surface area contributed by atoms with Gasteiger partial charge in [0.25, 0.3) is 5.91 Å². The first-order chi connectivity index (χ1) is 17.9. The van der Waals surface area contributed by atoms with Crippen molar-refractivity contribution in [3.05, 3.63) is 89.2 Å². The van der Waals surface area contributed by atoms with E-state index in [2.05, 4.69) is 5.32 Å². The Hall–Kier alpha value is -4.44. The van der Waals surface area contributed by atoms with Gasteiger partial charge in [0.1, 0.15) is 29.6 Å². The molecule has 3 aromatic carbocycles. The number of urea groups is 1. The summed E-state index contributed by atoms with van der Waals surface area (Å²) in [5.41, 5.74) is 1.78. The van der Waals surface area contributed by atoms with Crippen LogP contribution in [0.2, 0.25) is 0 Å². The van der Waals surface area contributed by atoms with Crippen LogP contribution in [0.1, 0.15) is 21.5 Å². The third kappa shape index (κ3) is 6.22. The summed E-state index contributed by atoms with van der Waals surface area (Å²) in [6, 6.07) is 17.3. The second-order valence-electron chi connectivity index (χ2n) is 8.32. The molecule has 4 amide bonds. The van der Waals surface area contributed by atoms with Crippen molar-refractivity contribution in [1.82, 2.24) is 15.1 Å². The van der Waals surface area contributed by atoms with Gasteiger partial charge in [-0.2, -0.15) is 0 Å². The number of hydrogen-bond acceptors (Lipinski definition) is 6. The van der Waals surface area contributed by atoms with E-state index in [0.29, 0.717) is 28.4 Å². The molecule has 0 aliphatic carbocycles. The monoisotopic (exact) mass is 507 g/mol. The van der Waals surface area contributed by atoms with Crippen LogP contribution < -0.4 is 14.8 Å². The first-order valence-electron chi connectivity index (χ1n) is 11.6. The Kier molecular flexibility index (Phi) is 7.99. The number of imide groups is 1. The minimum absolute atomic E-state index is 0.0518. The molecule has 37 heavy (non-hydrogen) atoms. The van der Waals surface area contributed by atoms with E-state index in [1.165, 1.54) is 36.3 Å². The number of carbonyl (C=O) groups is 3. The molecule has 1 fully saturated rings. The van der Waals surface area contributed by atoms with Crippen molar-refractivity contribution >= 4 is 17.8 Å². The highest BCUT2D eigenvalue weighted by molar-refractivity contribution is 6.02. The van der Waals surface area contributed by atoms with Crippen LogP contribution in [-0.2, 0) is 17.9 Å². The number of nitrogens with one attached hydrogen (secondary N) is 1. The van der Waals surface area contributed by atoms with Crippen LogP contribution in [0.3, 0.4) is 0 Å². The zero-order valence-electron chi connectivity index (χ0n) is 20.1. The molecule has 1 saturated heterocycles. The van der Waals surface area contributed by atoms with Crippen LogP contribution in [0, 0.1) is 5.82 Å². The number of β-amino-alcohol motifs (C(OH)–C–C–N with tert-alkyl or cyclic N) is 1. The molecule has 4 rings (SSSR count). The molecule has 0 unspecified atom stereocenters. The molecule has 0 radical (unpaired) electrons. The van der Waals surface area contributed by atoms with Crippen molar-refractivity contribution in [3.8, 4) is 17.2 Å². The number of ether oxygens (including phenoxy) is 2. The average molecular weight is 508 g/mol. The third-order valence-electron chi connectivity index (χ3n) is 5.76. The van der Waals surface area contributed by atoms with E-state index in [-0.39, 0.29) is 50.4 Å². The standard InChI is InChI=1S/C27H26FN3O6/c1-36-24-11-4-19(16-30-17-25(33)31(12-13-32)27(30)35)14-23(24)26(34)29-15-18-2-7-21(8-3-18)37-22-9-5-20(28)6-10-22/h2-11,14,32H,12-13,15-17H2,1H3,(H,29,34). The Labute approximate surface area is 213 Å². The van der Waals surface area contributed by atoms with Crippen LogP contribution in [0.25, 0.3) is 0 Å². The predicted octanol–water partition coefficient (Wildman–Crippen LogP) is 3.31. The highest BCUT2D eigenvalue weighted by Crippen LogP contribution is 2.24. The van der Waals surface area contributed by atoms with Crippen molar-refractivity contribution in [2.45, 2.75) is 13.1 Å². The van der Waals surface area contributed by atoms with E-state index >= 15 is 0 Å². The van der Waals surface area contributed by atoms with Gasteiger partial charge in [-0.1, -0.05) is 18.2 Å². The number of hydrogen-bond donors (Lipinski definition) is 2. The second-order valence-corrected chi connectivity index (χ2v) is 8.32. The summed E-state index contributed by atoms with van der Waals surface area (Å²) in [6.07, 6.45) is 0. The Bertz CT molecular complexity index is 1280. The molecule has 0 spiro atoms. The van der Waals surface area contributed by atoms with Gasteiger partial charge in [0, 0.05) is 13.1 Å². The smallest absolute Gasteiger partial charge is 0.327 e. The van der Waals surface area contributed by atoms with Crippen LogP contribution in [0.5, 0.6) is 17.2 Å². The van der Waals surface area contributed by atoms with Crippen LogP contribution in [0.4, 0.5) is 9.18 Å². The third-order valence-corrected chi connectivity index (χ3v) is 5.76. The summed E-state index contributed by atoms with van der Waals surface area (Å²) in [5, 5.41) is 11.9. The second kappa shape index (κ2) is 11.5. The highest BCUT2D eigenvalue weighted by Gasteiger charge is 2.35. The molecule has 0 saturated carbocycles. The van der Waals surface area contributed by atoms with E-state index in [4.69, 9.17) is 14.6 Å². The maximum Gasteiger partial charge on any atom is 0.327 e. The zero-order chi connectivity index (χ0) is 26.4. The summed E-state index contributed by atoms with van der Waals surface area (Å²) < 4.78 is 24.1. The molecule has 1 heterocycles. The number of aliphatic hydroxyl groups is 1. The predicted molar refractivity (Wildman–Crippen MR) is 132 cm³/mol. The van der Waals surface area contributed by atoms with E-state index in [1.54, 1.807) is 42.5 Å². The van der Waals surface area contributed by atoms with Crippen LogP contribution >= 0.6 is 0 Å². The molecule has 0 bridgehead atoms. The lowest BCUT2D eigenvalue weighted by molar-refractivity contribution is -0.125. The summed E-state index contributed by atoms with van der Waals surface area (Å²) in [5.74, 6) is 0.370. The van der Waals surface area contributed by atoms with Crippen LogP contribution in [-0.4, -0.2) is 59.6 Å². The lowest BCUT2D eigenvalue weighted by atomic mass is 10.1. The van der Waals surface area contributed by atoms with Crippen molar-refractivity contribution in [3.63, 3.8) is 0 Å². The molecule has 1 aliphatic rings. The lowest BCUT2D eigenvalue weighted by Crippen LogP contribution is -2.34. The molecule has 2 N–H and O–H groups in total. The Morgan fingerprint density at radius 1 is 1.00 bits per heavy atom.